The Labute approximate surface area is 299 Å². The number of nitrogens with one attached hydrogen (secondary N) is 2. The van der Waals surface area contributed by atoms with Gasteiger partial charge in [-0.25, -0.2) is 27.6 Å². The number of aromatic nitrogens is 1. The first-order chi connectivity index (χ1) is 24.3. The average molecular weight is 729 g/mol. The Balaban J connectivity index is 1.63. The Kier molecular flexibility index (Phi) is 12.5. The van der Waals surface area contributed by atoms with Crippen molar-refractivity contribution in [2.75, 3.05) is 18.5 Å². The highest BCUT2D eigenvalue weighted by atomic mass is 19.1. The molecule has 2 aromatic carbocycles. The molecule has 1 aliphatic rings. The molecule has 3 aromatic rings. The van der Waals surface area contributed by atoms with Gasteiger partial charge in [0.2, 0.25) is 5.91 Å². The number of halogens is 3. The lowest BCUT2D eigenvalue weighted by molar-refractivity contribution is -0.153. The second-order valence-corrected chi connectivity index (χ2v) is 14.3. The van der Waals surface area contributed by atoms with Gasteiger partial charge in [-0.15, -0.1) is 0 Å². The van der Waals surface area contributed by atoms with E-state index in [9.17, 15) is 33.1 Å². The molecule has 3 atom stereocenters. The highest BCUT2D eigenvalue weighted by molar-refractivity contribution is 5.98. The van der Waals surface area contributed by atoms with Crippen molar-refractivity contribution in [1.82, 2.24) is 15.2 Å². The number of hydrogen-bond acceptors (Lipinski definition) is 8. The fraction of sp³-hybridized carbons (Fsp3) is 0.432. The maximum absolute atomic E-state index is 15.4. The Morgan fingerprint density at radius 1 is 0.904 bits per heavy atom. The summed E-state index contributed by atoms with van der Waals surface area (Å²) in [6.07, 6.45) is -0.278. The van der Waals surface area contributed by atoms with Gasteiger partial charge in [-0.2, -0.15) is 0 Å². The van der Waals surface area contributed by atoms with Gasteiger partial charge in [0.25, 0.3) is 0 Å². The van der Waals surface area contributed by atoms with Crippen LogP contribution in [0.4, 0.5) is 28.4 Å². The van der Waals surface area contributed by atoms with Crippen molar-refractivity contribution in [1.29, 1.82) is 0 Å². The normalized spacial score (nSPS) is 16.9. The van der Waals surface area contributed by atoms with Gasteiger partial charge in [-0.3, -0.25) is 14.7 Å². The number of pyridine rings is 1. The van der Waals surface area contributed by atoms with Crippen LogP contribution in [0.1, 0.15) is 70.6 Å². The van der Waals surface area contributed by atoms with Gasteiger partial charge in [0.1, 0.15) is 34.7 Å². The van der Waals surface area contributed by atoms with Gasteiger partial charge in [-0.05, 0) is 89.8 Å². The lowest BCUT2D eigenvalue weighted by Crippen LogP contribution is -2.56. The zero-order valence-corrected chi connectivity index (χ0v) is 29.7. The summed E-state index contributed by atoms with van der Waals surface area (Å²) in [6.45, 7) is 9.37. The van der Waals surface area contributed by atoms with Gasteiger partial charge in [-0.1, -0.05) is 24.3 Å². The number of carbonyl (C=O) groups is 4. The molecule has 1 unspecified atom stereocenters. The first kappa shape index (κ1) is 39.6. The molecular formula is C37H43F3N4O8. The average Bonchev–Trinajstić information content (AvgIpc) is 3.04. The van der Waals surface area contributed by atoms with Crippen LogP contribution in [-0.2, 0) is 30.2 Å². The van der Waals surface area contributed by atoms with Gasteiger partial charge >= 0.3 is 18.2 Å². The molecule has 0 saturated carbocycles. The summed E-state index contributed by atoms with van der Waals surface area (Å²) in [5, 5.41) is 14.9. The van der Waals surface area contributed by atoms with Gasteiger partial charge in [0.05, 0.1) is 37.3 Å². The van der Waals surface area contributed by atoms with Crippen molar-refractivity contribution in [2.24, 2.45) is 0 Å². The zero-order valence-electron chi connectivity index (χ0n) is 29.7. The van der Waals surface area contributed by atoms with Crippen LogP contribution < -0.4 is 10.6 Å². The van der Waals surface area contributed by atoms with E-state index in [-0.39, 0.29) is 37.2 Å². The van der Waals surface area contributed by atoms with Crippen molar-refractivity contribution in [3.63, 3.8) is 0 Å². The molecule has 12 nitrogen and oxygen atoms in total. The third kappa shape index (κ3) is 10.9. The van der Waals surface area contributed by atoms with Gasteiger partial charge in [0.15, 0.2) is 6.04 Å². The third-order valence-corrected chi connectivity index (χ3v) is 7.90. The number of hydrogen-bond donors (Lipinski definition) is 3. The molecule has 1 aliphatic heterocycles. The lowest BCUT2D eigenvalue weighted by Gasteiger charge is -2.38. The lowest BCUT2D eigenvalue weighted by atomic mass is 9.84. The van der Waals surface area contributed by atoms with Crippen LogP contribution >= 0.6 is 0 Å². The number of aliphatic carboxylic acids is 1. The fourth-order valence-corrected chi connectivity index (χ4v) is 5.61. The second kappa shape index (κ2) is 16.4. The number of benzene rings is 2. The number of morpholine rings is 1. The minimum Gasteiger partial charge on any atom is -0.480 e. The number of alkyl carbamates (subject to hydrolysis) is 1. The molecule has 1 fully saturated rings. The molecule has 52 heavy (non-hydrogen) atoms. The zero-order chi connectivity index (χ0) is 38.4. The van der Waals surface area contributed by atoms with Crippen LogP contribution in [-0.4, -0.2) is 81.6 Å². The quantitative estimate of drug-likeness (QED) is 0.222. The molecule has 4 rings (SSSR count). The second-order valence-electron chi connectivity index (χ2n) is 14.3. The molecule has 3 N–H and O–H groups in total. The first-order valence-electron chi connectivity index (χ1n) is 16.6. The number of rotatable bonds is 10. The fourth-order valence-electron chi connectivity index (χ4n) is 5.61. The van der Waals surface area contributed by atoms with E-state index >= 15 is 4.39 Å². The maximum atomic E-state index is 15.4. The van der Waals surface area contributed by atoms with Crippen LogP contribution in [0.15, 0.2) is 60.9 Å². The summed E-state index contributed by atoms with van der Waals surface area (Å²) in [5.41, 5.74) is -1.06. The van der Waals surface area contributed by atoms with E-state index < -0.39 is 76.8 Å². The van der Waals surface area contributed by atoms with E-state index in [1.165, 1.54) is 54.7 Å². The van der Waals surface area contributed by atoms with Gasteiger partial charge in [0, 0.05) is 11.5 Å². The number of amides is 3. The monoisotopic (exact) mass is 728 g/mol. The minimum atomic E-state index is -1.46. The molecule has 3 amide bonds. The SMILES string of the molecule is CC(C)(C)OC(=O)NC(C(=O)Nc1cncc(F)c1CC[C@@H]1CN(C(=O)OC(C)(C)C)[C@@H](C(=O)O)CO1)C(c1ccc(F)cc1)c1ccc(F)cc1. The largest absolute Gasteiger partial charge is 0.480 e. The summed E-state index contributed by atoms with van der Waals surface area (Å²) < 4.78 is 60.0. The Hall–Kier alpha value is -5.18. The Morgan fingerprint density at radius 2 is 1.46 bits per heavy atom. The molecule has 2 heterocycles. The highest BCUT2D eigenvalue weighted by Crippen LogP contribution is 2.31. The highest BCUT2D eigenvalue weighted by Gasteiger charge is 2.39. The standard InChI is InChI=1S/C37H43F3N4O8/c1-36(2,3)51-34(48)43-31(30(21-7-11-23(38)12-8-21)22-9-13-24(39)14-10-22)32(45)42-28-18-41-17-27(40)26(28)16-15-25-19-44(29(20-50-25)33(46)47)35(49)52-37(4,5)6/h7-14,17-18,25,29-31H,15-16,19-20H2,1-6H3,(H,42,45)(H,43,48)(H,46,47)/t25-,29-,31?/m1/s1. The Bertz CT molecular complexity index is 1700. The molecule has 15 heteroatoms. The van der Waals surface area contributed by atoms with Crippen LogP contribution in [0.25, 0.3) is 0 Å². The molecule has 0 radical (unpaired) electrons. The third-order valence-electron chi connectivity index (χ3n) is 7.90. The van der Waals surface area contributed by atoms with Crippen LogP contribution in [0.3, 0.4) is 0 Å². The van der Waals surface area contributed by atoms with Crippen LogP contribution in [0.5, 0.6) is 0 Å². The molecule has 0 aliphatic carbocycles. The first-order valence-corrected chi connectivity index (χ1v) is 16.6. The summed E-state index contributed by atoms with van der Waals surface area (Å²) in [6, 6.07) is 7.67. The van der Waals surface area contributed by atoms with Crippen molar-refractivity contribution in [3.8, 4) is 0 Å². The number of anilines is 1. The van der Waals surface area contributed by atoms with Crippen molar-refractivity contribution >= 4 is 29.8 Å². The molecule has 0 spiro atoms. The van der Waals surface area contributed by atoms with Crippen molar-refractivity contribution in [2.45, 2.75) is 89.7 Å². The number of carbonyl (C=O) groups excluding carboxylic acids is 3. The summed E-state index contributed by atoms with van der Waals surface area (Å²) in [7, 11) is 0. The van der Waals surface area contributed by atoms with Crippen LogP contribution in [0.2, 0.25) is 0 Å². The van der Waals surface area contributed by atoms with E-state index in [2.05, 4.69) is 15.6 Å². The predicted octanol–water partition coefficient (Wildman–Crippen LogP) is 6.18. The van der Waals surface area contributed by atoms with E-state index in [1.54, 1.807) is 41.5 Å². The summed E-state index contributed by atoms with van der Waals surface area (Å²) in [5.74, 6) is -4.97. The molecule has 0 bridgehead atoms. The van der Waals surface area contributed by atoms with Crippen molar-refractivity contribution < 1.29 is 51.7 Å². The van der Waals surface area contributed by atoms with E-state index in [0.29, 0.717) is 11.1 Å². The summed E-state index contributed by atoms with van der Waals surface area (Å²) >= 11 is 0. The van der Waals surface area contributed by atoms with E-state index in [1.807, 2.05) is 0 Å². The Morgan fingerprint density at radius 3 is 1.98 bits per heavy atom. The summed E-state index contributed by atoms with van der Waals surface area (Å²) in [4.78, 5) is 57.0. The molecular weight excluding hydrogens is 685 g/mol. The molecule has 1 aromatic heterocycles. The smallest absolute Gasteiger partial charge is 0.411 e. The molecule has 1 saturated heterocycles. The van der Waals surface area contributed by atoms with Gasteiger partial charge < -0.3 is 30.0 Å². The van der Waals surface area contributed by atoms with E-state index in [0.717, 1.165) is 11.1 Å². The maximum Gasteiger partial charge on any atom is 0.411 e. The predicted molar refractivity (Wildman–Crippen MR) is 183 cm³/mol. The molecule has 280 valence electrons. The topological polar surface area (TPSA) is 156 Å². The van der Waals surface area contributed by atoms with E-state index in [4.69, 9.17) is 14.2 Å². The van der Waals surface area contributed by atoms with Crippen molar-refractivity contribution in [3.05, 3.63) is 95.1 Å². The minimum absolute atomic E-state index is 0.0206. The number of nitrogens with zero attached hydrogens (tertiary/aromatic N) is 2. The number of carboxylic acid groups (broad SMARTS) is 1. The number of ether oxygens (including phenoxy) is 3. The van der Waals surface area contributed by atoms with Crippen LogP contribution in [0, 0.1) is 17.5 Å². The number of carboxylic acids is 1.